The lowest BCUT2D eigenvalue weighted by atomic mass is 10.0. The molecule has 0 heterocycles. The zero-order valence-electron chi connectivity index (χ0n) is 14.2. The van der Waals surface area contributed by atoms with Gasteiger partial charge in [0, 0.05) is 24.9 Å². The maximum absolute atomic E-state index is 12.2. The predicted octanol–water partition coefficient (Wildman–Crippen LogP) is 3.00. The average molecular weight is 339 g/mol. The van der Waals surface area contributed by atoms with Gasteiger partial charge in [0.25, 0.3) is 0 Å². The highest BCUT2D eigenvalue weighted by atomic mass is 16.5. The number of Topliss-reactive ketones (excluding diaryl/α,β-unsaturated/α-hetero) is 1. The highest BCUT2D eigenvalue weighted by molar-refractivity contribution is 5.98. The van der Waals surface area contributed by atoms with Gasteiger partial charge in [-0.25, -0.2) is 0 Å². The lowest BCUT2D eigenvalue weighted by molar-refractivity contribution is -0.140. The molecule has 0 fully saturated rings. The van der Waals surface area contributed by atoms with Crippen molar-refractivity contribution in [3.05, 3.63) is 60.2 Å². The summed E-state index contributed by atoms with van der Waals surface area (Å²) in [7, 11) is 1.30. The number of ether oxygens (including phenoxy) is 1. The second kappa shape index (κ2) is 9.37. The fraction of sp³-hybridized carbons (Fsp3) is 0.250. The monoisotopic (exact) mass is 339 g/mol. The Hall–Kier alpha value is -2.95. The van der Waals surface area contributed by atoms with E-state index in [1.807, 2.05) is 42.5 Å². The molecule has 25 heavy (non-hydrogen) atoms. The van der Waals surface area contributed by atoms with Crippen LogP contribution in [0.1, 0.15) is 29.6 Å². The van der Waals surface area contributed by atoms with Crippen LogP contribution in [0.15, 0.2) is 54.6 Å². The molecule has 0 bridgehead atoms. The van der Waals surface area contributed by atoms with Crippen molar-refractivity contribution in [3.63, 3.8) is 0 Å². The second-order valence-electron chi connectivity index (χ2n) is 5.54. The standard InChI is InChI=1S/C20H21NO4/c1-25-20(24)13-14-21-19(23)12-11-18(22)17-9-7-16(8-10-17)15-5-3-2-4-6-15/h2-10H,11-14H2,1H3,(H,21,23). The predicted molar refractivity (Wildman–Crippen MR) is 95.1 cm³/mol. The van der Waals surface area contributed by atoms with Gasteiger partial charge in [-0.1, -0.05) is 54.6 Å². The third-order valence-electron chi connectivity index (χ3n) is 3.77. The van der Waals surface area contributed by atoms with Crippen LogP contribution in [-0.4, -0.2) is 31.3 Å². The number of esters is 1. The topological polar surface area (TPSA) is 72.5 Å². The first-order chi connectivity index (χ1) is 12.1. The highest BCUT2D eigenvalue weighted by Crippen LogP contribution is 2.19. The van der Waals surface area contributed by atoms with E-state index in [-0.39, 0.29) is 43.5 Å². The van der Waals surface area contributed by atoms with Gasteiger partial charge in [-0.3, -0.25) is 14.4 Å². The Balaban J connectivity index is 1.81. The molecule has 0 aromatic heterocycles. The number of hydrogen-bond acceptors (Lipinski definition) is 4. The molecular weight excluding hydrogens is 318 g/mol. The number of methoxy groups -OCH3 is 1. The van der Waals surface area contributed by atoms with Gasteiger partial charge in [0.1, 0.15) is 0 Å². The molecule has 0 unspecified atom stereocenters. The Morgan fingerprint density at radius 2 is 1.48 bits per heavy atom. The van der Waals surface area contributed by atoms with Gasteiger partial charge in [0.15, 0.2) is 5.78 Å². The van der Waals surface area contributed by atoms with Crippen LogP contribution in [0.5, 0.6) is 0 Å². The van der Waals surface area contributed by atoms with Gasteiger partial charge in [0.05, 0.1) is 13.5 Å². The Morgan fingerprint density at radius 1 is 0.840 bits per heavy atom. The molecule has 0 radical (unpaired) electrons. The Morgan fingerprint density at radius 3 is 2.12 bits per heavy atom. The van der Waals surface area contributed by atoms with Crippen LogP contribution < -0.4 is 5.32 Å². The van der Waals surface area contributed by atoms with Gasteiger partial charge in [0.2, 0.25) is 5.91 Å². The molecule has 2 aromatic rings. The third-order valence-corrected chi connectivity index (χ3v) is 3.77. The summed E-state index contributed by atoms with van der Waals surface area (Å²) in [5.41, 5.74) is 2.71. The van der Waals surface area contributed by atoms with E-state index >= 15 is 0 Å². The van der Waals surface area contributed by atoms with Crippen LogP contribution in [0.2, 0.25) is 0 Å². The zero-order chi connectivity index (χ0) is 18.1. The maximum atomic E-state index is 12.2. The number of carbonyl (C=O) groups is 3. The smallest absolute Gasteiger partial charge is 0.307 e. The largest absolute Gasteiger partial charge is 0.469 e. The molecule has 5 nitrogen and oxygen atoms in total. The molecule has 0 saturated carbocycles. The summed E-state index contributed by atoms with van der Waals surface area (Å²) in [4.78, 5) is 34.8. The summed E-state index contributed by atoms with van der Waals surface area (Å²) in [6.07, 6.45) is 0.353. The summed E-state index contributed by atoms with van der Waals surface area (Å²) in [6, 6.07) is 17.3. The van der Waals surface area contributed by atoms with Gasteiger partial charge in [-0.15, -0.1) is 0 Å². The van der Waals surface area contributed by atoms with E-state index in [9.17, 15) is 14.4 Å². The average Bonchev–Trinajstić information content (AvgIpc) is 2.66. The molecule has 2 rings (SSSR count). The fourth-order valence-electron chi connectivity index (χ4n) is 2.35. The molecule has 0 atom stereocenters. The Bertz CT molecular complexity index is 723. The zero-order valence-corrected chi connectivity index (χ0v) is 14.2. The van der Waals surface area contributed by atoms with Crippen molar-refractivity contribution in [2.24, 2.45) is 0 Å². The van der Waals surface area contributed by atoms with Crippen LogP contribution in [0.3, 0.4) is 0 Å². The summed E-state index contributed by atoms with van der Waals surface area (Å²) in [6.45, 7) is 0.214. The molecule has 1 amide bonds. The number of benzene rings is 2. The van der Waals surface area contributed by atoms with Gasteiger partial charge in [-0.05, 0) is 11.1 Å². The normalized spacial score (nSPS) is 10.1. The highest BCUT2D eigenvalue weighted by Gasteiger charge is 2.10. The molecule has 0 aliphatic rings. The van der Waals surface area contributed by atoms with E-state index in [1.165, 1.54) is 7.11 Å². The molecular formula is C20H21NO4. The van der Waals surface area contributed by atoms with Crippen molar-refractivity contribution in [2.75, 3.05) is 13.7 Å². The quantitative estimate of drug-likeness (QED) is 0.593. The minimum Gasteiger partial charge on any atom is -0.469 e. The molecule has 1 N–H and O–H groups in total. The molecule has 0 aliphatic heterocycles. The Labute approximate surface area is 147 Å². The van der Waals surface area contributed by atoms with Crippen molar-refractivity contribution in [3.8, 4) is 11.1 Å². The number of rotatable bonds is 8. The van der Waals surface area contributed by atoms with Gasteiger partial charge < -0.3 is 10.1 Å². The van der Waals surface area contributed by atoms with E-state index in [0.29, 0.717) is 5.56 Å². The van der Waals surface area contributed by atoms with Crippen LogP contribution >= 0.6 is 0 Å². The van der Waals surface area contributed by atoms with Crippen LogP contribution in [-0.2, 0) is 14.3 Å². The second-order valence-corrected chi connectivity index (χ2v) is 5.54. The van der Waals surface area contributed by atoms with Crippen molar-refractivity contribution >= 4 is 17.7 Å². The lowest BCUT2D eigenvalue weighted by Crippen LogP contribution is -2.26. The maximum Gasteiger partial charge on any atom is 0.307 e. The first-order valence-electron chi connectivity index (χ1n) is 8.12. The van der Waals surface area contributed by atoms with Gasteiger partial charge in [-0.2, -0.15) is 0 Å². The third kappa shape index (κ3) is 5.88. The van der Waals surface area contributed by atoms with Crippen LogP contribution in [0.4, 0.5) is 0 Å². The number of nitrogens with one attached hydrogen (secondary N) is 1. The molecule has 130 valence electrons. The number of hydrogen-bond donors (Lipinski definition) is 1. The van der Waals surface area contributed by atoms with Crippen molar-refractivity contribution in [1.29, 1.82) is 0 Å². The van der Waals surface area contributed by atoms with E-state index in [4.69, 9.17) is 0 Å². The lowest BCUT2D eigenvalue weighted by Gasteiger charge is -2.05. The van der Waals surface area contributed by atoms with Gasteiger partial charge >= 0.3 is 5.97 Å². The number of carbonyl (C=O) groups excluding carboxylic acids is 3. The van der Waals surface area contributed by atoms with E-state index < -0.39 is 0 Å². The number of amides is 1. The van der Waals surface area contributed by atoms with E-state index in [2.05, 4.69) is 10.1 Å². The van der Waals surface area contributed by atoms with Crippen LogP contribution in [0.25, 0.3) is 11.1 Å². The molecule has 0 aliphatic carbocycles. The summed E-state index contributed by atoms with van der Waals surface area (Å²) >= 11 is 0. The minimum absolute atomic E-state index is 0.0808. The SMILES string of the molecule is COC(=O)CCNC(=O)CCC(=O)c1ccc(-c2ccccc2)cc1. The fourth-order valence-corrected chi connectivity index (χ4v) is 2.35. The molecule has 0 saturated heterocycles. The first kappa shape index (κ1) is 18.4. The van der Waals surface area contributed by atoms with Crippen molar-refractivity contribution < 1.29 is 19.1 Å². The minimum atomic E-state index is -0.380. The molecule has 5 heteroatoms. The summed E-state index contributed by atoms with van der Waals surface area (Å²) in [5.74, 6) is -0.712. The number of ketones is 1. The van der Waals surface area contributed by atoms with E-state index in [1.54, 1.807) is 12.1 Å². The summed E-state index contributed by atoms with van der Waals surface area (Å²) in [5, 5.41) is 2.59. The molecule has 0 spiro atoms. The summed E-state index contributed by atoms with van der Waals surface area (Å²) < 4.78 is 4.49. The Kier molecular flexibility index (Phi) is 6.89. The van der Waals surface area contributed by atoms with Crippen LogP contribution in [0, 0.1) is 0 Å². The van der Waals surface area contributed by atoms with Crippen molar-refractivity contribution in [1.82, 2.24) is 5.32 Å². The van der Waals surface area contributed by atoms with E-state index in [0.717, 1.165) is 11.1 Å². The molecule has 2 aromatic carbocycles. The van der Waals surface area contributed by atoms with Crippen molar-refractivity contribution in [2.45, 2.75) is 19.3 Å². The first-order valence-corrected chi connectivity index (χ1v) is 8.12.